The molecule has 1 aliphatic heterocycles. The summed E-state index contributed by atoms with van der Waals surface area (Å²) >= 11 is 0. The van der Waals surface area contributed by atoms with E-state index in [-0.39, 0.29) is 10.8 Å². The summed E-state index contributed by atoms with van der Waals surface area (Å²) in [5.41, 5.74) is 2.93. The molecule has 3 aromatic carbocycles. The molecular formula is C28H31N3O4S. The second-order valence-electron chi connectivity index (χ2n) is 9.06. The summed E-state index contributed by atoms with van der Waals surface area (Å²) < 4.78 is 28.4. The highest BCUT2D eigenvalue weighted by molar-refractivity contribution is 7.92. The average molecular weight is 506 g/mol. The summed E-state index contributed by atoms with van der Waals surface area (Å²) in [5.74, 6) is -0.665. The van der Waals surface area contributed by atoms with Crippen molar-refractivity contribution >= 4 is 33.2 Å². The van der Waals surface area contributed by atoms with Gasteiger partial charge in [0.15, 0.2) is 0 Å². The molecule has 2 amide bonds. The largest absolute Gasteiger partial charge is 0.339 e. The van der Waals surface area contributed by atoms with E-state index in [1.165, 1.54) is 12.1 Å². The molecule has 0 aromatic heterocycles. The lowest BCUT2D eigenvalue weighted by Gasteiger charge is -2.28. The van der Waals surface area contributed by atoms with Crippen molar-refractivity contribution in [2.24, 2.45) is 0 Å². The number of sulfonamides is 1. The first-order valence-electron chi connectivity index (χ1n) is 12.1. The Kier molecular flexibility index (Phi) is 7.74. The number of piperidine rings is 1. The third-order valence-electron chi connectivity index (χ3n) is 6.31. The maximum absolute atomic E-state index is 13.6. The minimum Gasteiger partial charge on any atom is -0.339 e. The number of carbonyl (C=O) groups is 2. The number of amides is 2. The van der Waals surface area contributed by atoms with Crippen LogP contribution in [0.5, 0.6) is 0 Å². The van der Waals surface area contributed by atoms with Crippen molar-refractivity contribution in [1.29, 1.82) is 0 Å². The van der Waals surface area contributed by atoms with Crippen LogP contribution in [0.2, 0.25) is 0 Å². The number of hydrogen-bond acceptors (Lipinski definition) is 4. The highest BCUT2D eigenvalue weighted by Gasteiger charge is 2.29. The number of likely N-dealkylation sites (tertiary alicyclic amines) is 1. The molecule has 36 heavy (non-hydrogen) atoms. The first kappa shape index (κ1) is 25.4. The zero-order valence-electron chi connectivity index (χ0n) is 20.6. The van der Waals surface area contributed by atoms with Crippen molar-refractivity contribution in [3.05, 3.63) is 89.5 Å². The van der Waals surface area contributed by atoms with Gasteiger partial charge < -0.3 is 10.2 Å². The Morgan fingerprint density at radius 3 is 2.25 bits per heavy atom. The summed E-state index contributed by atoms with van der Waals surface area (Å²) in [5, 5.41) is 2.79. The van der Waals surface area contributed by atoms with Crippen LogP contribution in [-0.4, -0.2) is 44.8 Å². The molecule has 0 unspecified atom stereocenters. The summed E-state index contributed by atoms with van der Waals surface area (Å²) in [6.07, 6.45) is 3.03. The van der Waals surface area contributed by atoms with E-state index in [9.17, 15) is 18.0 Å². The van der Waals surface area contributed by atoms with E-state index in [2.05, 4.69) is 5.32 Å². The third-order valence-corrected chi connectivity index (χ3v) is 8.09. The van der Waals surface area contributed by atoms with Gasteiger partial charge in [0.1, 0.15) is 6.54 Å². The minimum absolute atomic E-state index is 0.0958. The molecule has 1 heterocycles. The fraction of sp³-hybridized carbons (Fsp3) is 0.286. The normalized spacial score (nSPS) is 13.8. The Morgan fingerprint density at radius 1 is 0.889 bits per heavy atom. The van der Waals surface area contributed by atoms with Crippen molar-refractivity contribution in [2.45, 2.75) is 38.0 Å². The Hall–Kier alpha value is -3.65. The molecule has 3 aromatic rings. The molecule has 4 rings (SSSR count). The number of aryl methyl sites for hydroxylation is 2. The molecule has 188 valence electrons. The molecule has 0 spiro atoms. The number of rotatable bonds is 7. The second kappa shape index (κ2) is 11.0. The van der Waals surface area contributed by atoms with Crippen molar-refractivity contribution in [2.75, 3.05) is 29.3 Å². The van der Waals surface area contributed by atoms with Crippen molar-refractivity contribution in [1.82, 2.24) is 4.90 Å². The van der Waals surface area contributed by atoms with Gasteiger partial charge in [0.2, 0.25) is 5.91 Å². The van der Waals surface area contributed by atoms with Gasteiger partial charge in [-0.15, -0.1) is 0 Å². The lowest BCUT2D eigenvalue weighted by atomic mass is 10.1. The van der Waals surface area contributed by atoms with Crippen molar-refractivity contribution in [3.8, 4) is 0 Å². The lowest BCUT2D eigenvalue weighted by molar-refractivity contribution is -0.114. The quantitative estimate of drug-likeness (QED) is 0.501. The predicted octanol–water partition coefficient (Wildman–Crippen LogP) is 4.76. The minimum atomic E-state index is -4.02. The van der Waals surface area contributed by atoms with Crippen LogP contribution >= 0.6 is 0 Å². The molecular weight excluding hydrogens is 474 g/mol. The molecule has 0 atom stereocenters. The van der Waals surface area contributed by atoms with E-state index in [1.54, 1.807) is 53.4 Å². The molecule has 0 radical (unpaired) electrons. The molecule has 0 saturated carbocycles. The number of hydrogen-bond donors (Lipinski definition) is 1. The molecule has 0 bridgehead atoms. The Bertz CT molecular complexity index is 1350. The smallest absolute Gasteiger partial charge is 0.264 e. The van der Waals surface area contributed by atoms with E-state index in [0.29, 0.717) is 30.0 Å². The van der Waals surface area contributed by atoms with Gasteiger partial charge >= 0.3 is 0 Å². The lowest BCUT2D eigenvalue weighted by Crippen LogP contribution is -2.39. The van der Waals surface area contributed by atoms with Crippen LogP contribution in [0, 0.1) is 13.8 Å². The average Bonchev–Trinajstić information content (AvgIpc) is 2.88. The molecule has 1 saturated heterocycles. The van der Waals surface area contributed by atoms with E-state index in [1.807, 2.05) is 26.0 Å². The van der Waals surface area contributed by atoms with Gasteiger partial charge in [-0.2, -0.15) is 0 Å². The molecule has 1 aliphatic rings. The fourth-order valence-electron chi connectivity index (χ4n) is 4.47. The Balaban J connectivity index is 1.63. The number of nitrogens with one attached hydrogen (secondary N) is 1. The van der Waals surface area contributed by atoms with Crippen LogP contribution in [-0.2, 0) is 14.8 Å². The summed E-state index contributed by atoms with van der Waals surface area (Å²) in [4.78, 5) is 28.3. The number of nitrogens with zero attached hydrogens (tertiary/aromatic N) is 2. The number of benzene rings is 3. The number of anilines is 2. The van der Waals surface area contributed by atoms with Crippen molar-refractivity contribution in [3.63, 3.8) is 0 Å². The summed E-state index contributed by atoms with van der Waals surface area (Å²) in [6, 6.07) is 20.3. The van der Waals surface area contributed by atoms with Crippen LogP contribution in [0.3, 0.4) is 0 Å². The van der Waals surface area contributed by atoms with Crippen molar-refractivity contribution < 1.29 is 18.0 Å². The van der Waals surface area contributed by atoms with E-state index in [0.717, 1.165) is 34.7 Å². The molecule has 7 nitrogen and oxygen atoms in total. The maximum atomic E-state index is 13.6. The first-order chi connectivity index (χ1) is 17.3. The van der Waals surface area contributed by atoms with Gasteiger partial charge in [-0.3, -0.25) is 13.9 Å². The third kappa shape index (κ3) is 5.60. The Labute approximate surface area is 212 Å². The van der Waals surface area contributed by atoms with Gasteiger partial charge in [0, 0.05) is 13.1 Å². The van der Waals surface area contributed by atoms with Gasteiger partial charge in [0.25, 0.3) is 15.9 Å². The van der Waals surface area contributed by atoms with Gasteiger partial charge in [-0.25, -0.2) is 8.42 Å². The monoisotopic (exact) mass is 505 g/mol. The van der Waals surface area contributed by atoms with Gasteiger partial charge in [0.05, 0.1) is 21.8 Å². The highest BCUT2D eigenvalue weighted by atomic mass is 32.2. The van der Waals surface area contributed by atoms with Crippen LogP contribution < -0.4 is 9.62 Å². The summed E-state index contributed by atoms with van der Waals surface area (Å²) in [7, 11) is -4.02. The van der Waals surface area contributed by atoms with E-state index in [4.69, 9.17) is 0 Å². The predicted molar refractivity (Wildman–Crippen MR) is 142 cm³/mol. The number of carbonyl (C=O) groups excluding carboxylic acids is 2. The first-order valence-corrected chi connectivity index (χ1v) is 13.5. The molecule has 8 heteroatoms. The fourth-order valence-corrected chi connectivity index (χ4v) is 5.98. The van der Waals surface area contributed by atoms with Crippen LogP contribution in [0.15, 0.2) is 77.7 Å². The van der Waals surface area contributed by atoms with Gasteiger partial charge in [-0.05, 0) is 69.0 Å². The SMILES string of the molecule is Cc1ccc(N(CC(=O)Nc2ccccc2C(=O)N2CCCCC2)S(=O)(=O)c2ccccc2)c(C)c1. The van der Waals surface area contributed by atoms with Crippen LogP contribution in [0.4, 0.5) is 11.4 Å². The number of para-hydroxylation sites is 1. The Morgan fingerprint density at radius 2 is 1.56 bits per heavy atom. The van der Waals surface area contributed by atoms with Gasteiger partial charge in [-0.1, -0.05) is 48.0 Å². The standard InChI is InChI=1S/C28H31N3O4S/c1-21-15-16-26(22(2)19-21)31(36(34,35)23-11-5-3-6-12-23)20-27(32)29-25-14-8-7-13-24(25)28(33)30-17-9-4-10-18-30/h3,5-8,11-16,19H,4,9-10,17-18,20H2,1-2H3,(H,29,32). The van der Waals surface area contributed by atoms with E-state index >= 15 is 0 Å². The molecule has 1 N–H and O–H groups in total. The molecule has 0 aliphatic carbocycles. The second-order valence-corrected chi connectivity index (χ2v) is 10.9. The van der Waals surface area contributed by atoms with Crippen LogP contribution in [0.25, 0.3) is 0 Å². The zero-order valence-corrected chi connectivity index (χ0v) is 21.4. The van der Waals surface area contributed by atoms with Crippen LogP contribution in [0.1, 0.15) is 40.7 Å². The maximum Gasteiger partial charge on any atom is 0.264 e. The van der Waals surface area contributed by atoms with E-state index < -0.39 is 22.5 Å². The molecule has 1 fully saturated rings. The zero-order chi connectivity index (χ0) is 25.7. The highest BCUT2D eigenvalue weighted by Crippen LogP contribution is 2.28. The summed E-state index contributed by atoms with van der Waals surface area (Å²) in [6.45, 7) is 4.69. The topological polar surface area (TPSA) is 86.8 Å².